The van der Waals surface area contributed by atoms with Crippen LogP contribution in [0.2, 0.25) is 0 Å². The molecule has 0 spiro atoms. The van der Waals surface area contributed by atoms with Crippen molar-refractivity contribution in [3.63, 3.8) is 0 Å². The summed E-state index contributed by atoms with van der Waals surface area (Å²) in [5.74, 6) is -1.06. The predicted molar refractivity (Wildman–Crippen MR) is 63.4 cm³/mol. The highest BCUT2D eigenvalue weighted by molar-refractivity contribution is 8.00. The molecule has 0 aromatic heterocycles. The van der Waals surface area contributed by atoms with Gasteiger partial charge in [-0.25, -0.2) is 0 Å². The fourth-order valence-electron chi connectivity index (χ4n) is 1.08. The van der Waals surface area contributed by atoms with Gasteiger partial charge in [-0.15, -0.1) is 11.8 Å². The molecule has 3 N–H and O–H groups in total. The molecule has 2 atom stereocenters. The van der Waals surface area contributed by atoms with E-state index in [1.165, 1.54) is 11.8 Å². The lowest BCUT2D eigenvalue weighted by molar-refractivity contribution is -0.144. The quantitative estimate of drug-likeness (QED) is 0.620. The van der Waals surface area contributed by atoms with Crippen LogP contribution < -0.4 is 5.73 Å². The molecular formula is C10H19NO4S. The standard InChI is InChI=1S/C10H19NO4S/c1-3-5-8(9(12)13)16-6-7(11)10(14)15-4-2/h7-8H,3-6,11H2,1-2H3,(H,12,13). The molecule has 0 aromatic rings. The maximum Gasteiger partial charge on any atom is 0.323 e. The highest BCUT2D eigenvalue weighted by Gasteiger charge is 2.21. The third-order valence-corrected chi connectivity index (χ3v) is 3.28. The smallest absolute Gasteiger partial charge is 0.323 e. The minimum Gasteiger partial charge on any atom is -0.480 e. The van der Waals surface area contributed by atoms with E-state index in [2.05, 4.69) is 0 Å². The molecule has 2 unspecified atom stereocenters. The Morgan fingerprint density at radius 3 is 2.50 bits per heavy atom. The van der Waals surface area contributed by atoms with Gasteiger partial charge in [0.2, 0.25) is 0 Å². The average molecular weight is 249 g/mol. The van der Waals surface area contributed by atoms with Gasteiger partial charge < -0.3 is 15.6 Å². The zero-order chi connectivity index (χ0) is 12.6. The number of nitrogens with two attached hydrogens (primary N) is 1. The second kappa shape index (κ2) is 8.41. The first kappa shape index (κ1) is 15.2. The Labute approximate surface area is 99.7 Å². The largest absolute Gasteiger partial charge is 0.480 e. The summed E-state index contributed by atoms with van der Waals surface area (Å²) < 4.78 is 4.73. The number of ether oxygens (including phenoxy) is 1. The highest BCUT2D eigenvalue weighted by atomic mass is 32.2. The fraction of sp³-hybridized carbons (Fsp3) is 0.800. The van der Waals surface area contributed by atoms with Crippen molar-refractivity contribution in [2.75, 3.05) is 12.4 Å². The van der Waals surface area contributed by atoms with Crippen molar-refractivity contribution in [1.29, 1.82) is 0 Å². The van der Waals surface area contributed by atoms with Crippen molar-refractivity contribution in [1.82, 2.24) is 0 Å². The van der Waals surface area contributed by atoms with Crippen molar-refractivity contribution < 1.29 is 19.4 Å². The first-order chi connectivity index (χ1) is 7.52. The maximum atomic E-state index is 11.2. The molecule has 0 heterocycles. The lowest BCUT2D eigenvalue weighted by atomic mass is 10.2. The molecule has 6 heteroatoms. The zero-order valence-corrected chi connectivity index (χ0v) is 10.5. The topological polar surface area (TPSA) is 89.6 Å². The number of carboxylic acids is 1. The molecule has 0 aliphatic rings. The molecule has 0 amide bonds. The fourth-order valence-corrected chi connectivity index (χ4v) is 2.20. The molecule has 0 aromatic carbocycles. The van der Waals surface area contributed by atoms with Gasteiger partial charge in [-0.3, -0.25) is 9.59 Å². The van der Waals surface area contributed by atoms with Crippen LogP contribution in [0, 0.1) is 0 Å². The summed E-state index contributed by atoms with van der Waals surface area (Å²) in [5.41, 5.74) is 5.56. The highest BCUT2D eigenvalue weighted by Crippen LogP contribution is 2.17. The van der Waals surface area contributed by atoms with E-state index < -0.39 is 23.2 Å². The number of esters is 1. The number of carboxylic acid groups (broad SMARTS) is 1. The van der Waals surface area contributed by atoms with Gasteiger partial charge in [0.25, 0.3) is 0 Å². The van der Waals surface area contributed by atoms with Crippen LogP contribution in [-0.2, 0) is 14.3 Å². The normalized spacial score (nSPS) is 14.2. The molecule has 0 saturated heterocycles. The monoisotopic (exact) mass is 249 g/mol. The number of carbonyl (C=O) groups excluding carboxylic acids is 1. The number of hydrogen-bond donors (Lipinski definition) is 2. The van der Waals surface area contributed by atoms with Gasteiger partial charge >= 0.3 is 11.9 Å². The predicted octanol–water partition coefficient (Wildman–Crippen LogP) is 0.863. The summed E-state index contributed by atoms with van der Waals surface area (Å²) in [5, 5.41) is 8.39. The van der Waals surface area contributed by atoms with Gasteiger partial charge in [-0.2, -0.15) is 0 Å². The van der Waals surface area contributed by atoms with Crippen molar-refractivity contribution in [2.45, 2.75) is 38.0 Å². The minimum absolute atomic E-state index is 0.274. The minimum atomic E-state index is -0.858. The van der Waals surface area contributed by atoms with Gasteiger partial charge in [-0.05, 0) is 13.3 Å². The summed E-state index contributed by atoms with van der Waals surface area (Å²) in [4.78, 5) is 22.0. The Morgan fingerprint density at radius 2 is 2.06 bits per heavy atom. The Morgan fingerprint density at radius 1 is 1.44 bits per heavy atom. The molecule has 0 bridgehead atoms. The summed E-state index contributed by atoms with van der Waals surface area (Å²) in [6, 6.07) is -0.747. The summed E-state index contributed by atoms with van der Waals surface area (Å²) in [7, 11) is 0. The molecule has 0 saturated carbocycles. The first-order valence-corrected chi connectivity index (χ1v) is 6.34. The van der Waals surface area contributed by atoms with Crippen molar-refractivity contribution in [3.05, 3.63) is 0 Å². The Kier molecular flexibility index (Phi) is 8.01. The van der Waals surface area contributed by atoms with Gasteiger partial charge in [0, 0.05) is 5.75 Å². The third kappa shape index (κ3) is 5.97. The van der Waals surface area contributed by atoms with E-state index in [0.29, 0.717) is 6.42 Å². The van der Waals surface area contributed by atoms with E-state index in [-0.39, 0.29) is 12.4 Å². The van der Waals surface area contributed by atoms with E-state index in [1.807, 2.05) is 6.92 Å². The van der Waals surface area contributed by atoms with E-state index in [1.54, 1.807) is 6.92 Å². The molecule has 0 aliphatic carbocycles. The third-order valence-electron chi connectivity index (χ3n) is 1.89. The molecule has 16 heavy (non-hydrogen) atoms. The lowest BCUT2D eigenvalue weighted by Gasteiger charge is -2.14. The van der Waals surface area contributed by atoms with Crippen LogP contribution in [0.1, 0.15) is 26.7 Å². The van der Waals surface area contributed by atoms with Crippen LogP contribution >= 0.6 is 11.8 Å². The van der Waals surface area contributed by atoms with Gasteiger partial charge in [0.15, 0.2) is 0 Å². The van der Waals surface area contributed by atoms with E-state index in [4.69, 9.17) is 15.6 Å². The number of hydrogen-bond acceptors (Lipinski definition) is 5. The van der Waals surface area contributed by atoms with E-state index >= 15 is 0 Å². The molecule has 0 radical (unpaired) electrons. The average Bonchev–Trinajstić information content (AvgIpc) is 2.23. The van der Waals surface area contributed by atoms with Crippen LogP contribution in [0.5, 0.6) is 0 Å². The van der Waals surface area contributed by atoms with Crippen LogP contribution in [0.4, 0.5) is 0 Å². The van der Waals surface area contributed by atoms with Crippen LogP contribution in [-0.4, -0.2) is 40.7 Å². The van der Waals surface area contributed by atoms with Crippen LogP contribution in [0.15, 0.2) is 0 Å². The maximum absolute atomic E-state index is 11.2. The second-order valence-electron chi connectivity index (χ2n) is 3.31. The molecular weight excluding hydrogens is 230 g/mol. The van der Waals surface area contributed by atoms with Gasteiger partial charge in [0.05, 0.1) is 6.61 Å². The Balaban J connectivity index is 3.99. The SMILES string of the molecule is CCCC(SCC(N)C(=O)OCC)C(=O)O. The Bertz CT molecular complexity index is 235. The number of aliphatic carboxylic acids is 1. The number of thioether (sulfide) groups is 1. The van der Waals surface area contributed by atoms with Crippen LogP contribution in [0.25, 0.3) is 0 Å². The Hall–Kier alpha value is -0.750. The second-order valence-corrected chi connectivity index (χ2v) is 4.54. The summed E-state index contributed by atoms with van der Waals surface area (Å²) >= 11 is 1.19. The van der Waals surface area contributed by atoms with Crippen molar-refractivity contribution in [2.24, 2.45) is 5.73 Å². The van der Waals surface area contributed by atoms with Gasteiger partial charge in [0.1, 0.15) is 11.3 Å². The molecule has 0 rings (SSSR count). The lowest BCUT2D eigenvalue weighted by Crippen LogP contribution is -2.35. The summed E-state index contributed by atoms with van der Waals surface area (Å²) in [6.45, 7) is 3.91. The first-order valence-electron chi connectivity index (χ1n) is 5.29. The molecule has 0 fully saturated rings. The zero-order valence-electron chi connectivity index (χ0n) is 9.64. The number of rotatable bonds is 8. The van der Waals surface area contributed by atoms with Crippen molar-refractivity contribution >= 4 is 23.7 Å². The van der Waals surface area contributed by atoms with E-state index in [9.17, 15) is 9.59 Å². The van der Waals surface area contributed by atoms with Crippen LogP contribution in [0.3, 0.4) is 0 Å². The van der Waals surface area contributed by atoms with Gasteiger partial charge in [-0.1, -0.05) is 13.3 Å². The molecule has 94 valence electrons. The number of carbonyl (C=O) groups is 2. The molecule has 5 nitrogen and oxygen atoms in total. The van der Waals surface area contributed by atoms with E-state index in [0.717, 1.165) is 6.42 Å². The molecule has 0 aliphatic heterocycles. The van der Waals surface area contributed by atoms with Crippen molar-refractivity contribution in [3.8, 4) is 0 Å². The summed E-state index contributed by atoms with van der Waals surface area (Å²) in [6.07, 6.45) is 1.37.